The molecule has 3 aromatic rings. The number of nitrogens with zero attached hydrogens (tertiary/aromatic N) is 3. The zero-order valence-electron chi connectivity index (χ0n) is 19.0. The van der Waals surface area contributed by atoms with E-state index < -0.39 is 57.3 Å². The van der Waals surface area contributed by atoms with E-state index >= 15 is 0 Å². The molecule has 0 bridgehead atoms. The zero-order chi connectivity index (χ0) is 30.2. The molecule has 0 fully saturated rings. The Labute approximate surface area is 225 Å². The Morgan fingerprint density at radius 1 is 0.410 bits per heavy atom. The second-order valence-electron chi connectivity index (χ2n) is 6.95. The van der Waals surface area contributed by atoms with E-state index in [9.17, 15) is 41.6 Å². The van der Waals surface area contributed by atoms with Crippen molar-refractivity contribution >= 4 is 72.6 Å². The first-order valence-corrected chi connectivity index (χ1v) is 19.8. The Morgan fingerprint density at radius 2 is 0.564 bits per heavy atom. The van der Waals surface area contributed by atoms with Crippen LogP contribution in [0.5, 0.6) is 0 Å². The van der Waals surface area contributed by atoms with Crippen molar-refractivity contribution in [2.75, 3.05) is 0 Å². The van der Waals surface area contributed by atoms with Gasteiger partial charge >= 0.3 is 226 Å². The topological polar surface area (TPSA) is 302 Å². The van der Waals surface area contributed by atoms with Gasteiger partial charge in [-0.3, -0.25) is 0 Å². The van der Waals surface area contributed by atoms with Crippen LogP contribution in [0.3, 0.4) is 0 Å². The Balaban J connectivity index is 0.000000292. The Morgan fingerprint density at radius 3 is 0.667 bits per heavy atom. The van der Waals surface area contributed by atoms with E-state index in [1.807, 2.05) is 0 Å². The summed E-state index contributed by atoms with van der Waals surface area (Å²) in [5, 5.41) is 30.5. The van der Waals surface area contributed by atoms with Crippen LogP contribution in [0, 0.1) is 30.3 Å². The van der Waals surface area contributed by atoms with Crippen molar-refractivity contribution in [1.82, 2.24) is 0 Å². The van der Waals surface area contributed by atoms with E-state index in [2.05, 4.69) is 0 Å². The average Bonchev–Trinajstić information content (AvgIpc) is 2.83. The van der Waals surface area contributed by atoms with Crippen molar-refractivity contribution in [1.29, 1.82) is 0 Å². The Hall–Kier alpha value is -3.30. The van der Waals surface area contributed by atoms with E-state index in [4.69, 9.17) is 24.6 Å². The normalized spacial score (nSPS) is 11.2. The molecule has 0 aliphatic heterocycles. The molecule has 3 rings (SSSR count). The molecule has 21 heteroatoms. The van der Waals surface area contributed by atoms with Gasteiger partial charge in [0.05, 0.1) is 0 Å². The molecule has 0 saturated heterocycles. The van der Waals surface area contributed by atoms with E-state index in [1.165, 1.54) is 0 Å². The van der Waals surface area contributed by atoms with E-state index in [1.54, 1.807) is 0 Å². The van der Waals surface area contributed by atoms with Crippen molar-refractivity contribution in [2.24, 2.45) is 0 Å². The number of nitro benzene ring substituents is 3. The van der Waals surface area contributed by atoms with Crippen molar-refractivity contribution < 1.29 is 50.6 Å². The fourth-order valence-corrected chi connectivity index (χ4v) is 5.69. The first-order chi connectivity index (χ1) is 17.7. The molecule has 0 spiro atoms. The monoisotopic (exact) mass is 741 g/mol. The molecule has 18 nitrogen and oxygen atoms in total. The van der Waals surface area contributed by atoms with E-state index in [-0.39, 0.29) is 30.1 Å². The molecular formula is C18H18As3N3O15. The molecule has 6 N–H and O–H groups in total. The molecule has 0 heterocycles. The van der Waals surface area contributed by atoms with E-state index in [0.29, 0.717) is 0 Å². The third-order valence-corrected chi connectivity index (χ3v) is 10.3. The second-order valence-corrected chi connectivity index (χ2v) is 17.1. The van der Waals surface area contributed by atoms with Crippen LogP contribution in [0.4, 0.5) is 17.1 Å². The molecule has 0 amide bonds. The second kappa shape index (κ2) is 13.7. The molecule has 0 atom stereocenters. The van der Waals surface area contributed by atoms with Gasteiger partial charge in [0.15, 0.2) is 0 Å². The zero-order valence-corrected chi connectivity index (χ0v) is 24.6. The van der Waals surface area contributed by atoms with Gasteiger partial charge in [0.1, 0.15) is 0 Å². The van der Waals surface area contributed by atoms with Crippen LogP contribution < -0.4 is 13.1 Å². The van der Waals surface area contributed by atoms with Gasteiger partial charge in [-0.2, -0.15) is 0 Å². The quantitative estimate of drug-likeness (QED) is 0.0862. The Bertz CT molecular complexity index is 1280. The molecule has 0 aromatic heterocycles. The summed E-state index contributed by atoms with van der Waals surface area (Å²) < 4.78 is 83.9. The summed E-state index contributed by atoms with van der Waals surface area (Å²) in [7, 11) is 0. The maximum absolute atomic E-state index is 10.7. The van der Waals surface area contributed by atoms with Crippen LogP contribution >= 0.6 is 0 Å². The standard InChI is InChI=1S/3C6H6AsNO5/c3*9-7(10,11)5-1-3-6(4-2-5)8(12)13/h3*1-4H,(H2,9,10,11). The molecule has 0 radical (unpaired) electrons. The van der Waals surface area contributed by atoms with Gasteiger partial charge in [0.25, 0.3) is 0 Å². The number of benzene rings is 3. The number of rotatable bonds is 6. The number of hydrogen-bond acceptors (Lipinski definition) is 9. The van der Waals surface area contributed by atoms with Crippen molar-refractivity contribution in [3.63, 3.8) is 0 Å². The van der Waals surface area contributed by atoms with Gasteiger partial charge in [-0.1, -0.05) is 0 Å². The maximum atomic E-state index is 10.7. The summed E-state index contributed by atoms with van der Waals surface area (Å²) in [6.07, 6.45) is 0. The van der Waals surface area contributed by atoms with Gasteiger partial charge < -0.3 is 0 Å². The molecule has 0 aliphatic carbocycles. The van der Waals surface area contributed by atoms with E-state index in [0.717, 1.165) is 72.8 Å². The minimum absolute atomic E-state index is 0.163. The third-order valence-electron chi connectivity index (χ3n) is 4.19. The summed E-state index contributed by atoms with van der Waals surface area (Å²) in [5.41, 5.74) is -0.562. The summed E-state index contributed by atoms with van der Waals surface area (Å²) in [6.45, 7) is 0. The predicted octanol–water partition coefficient (Wildman–Crippen LogP) is -2.53. The van der Waals surface area contributed by atoms with Gasteiger partial charge in [0, 0.05) is 0 Å². The van der Waals surface area contributed by atoms with Crippen LogP contribution in [0.15, 0.2) is 72.8 Å². The molecular weight excluding hydrogens is 723 g/mol. The van der Waals surface area contributed by atoms with Crippen LogP contribution in [-0.2, 0) is 11.2 Å². The van der Waals surface area contributed by atoms with Crippen LogP contribution in [0.25, 0.3) is 0 Å². The van der Waals surface area contributed by atoms with Crippen LogP contribution in [0.1, 0.15) is 0 Å². The van der Waals surface area contributed by atoms with Crippen LogP contribution in [-0.4, -0.2) is 81.9 Å². The van der Waals surface area contributed by atoms with Gasteiger partial charge in [-0.05, 0) is 0 Å². The predicted molar refractivity (Wildman–Crippen MR) is 131 cm³/mol. The summed E-state index contributed by atoms with van der Waals surface area (Å²) in [5.74, 6) is 0. The summed E-state index contributed by atoms with van der Waals surface area (Å²) in [4.78, 5) is 28.6. The van der Waals surface area contributed by atoms with Crippen molar-refractivity contribution in [3.8, 4) is 0 Å². The minimum atomic E-state index is -4.89. The molecule has 0 unspecified atom stereocenters. The fraction of sp³-hybridized carbons (Fsp3) is 0. The number of nitro groups is 3. The average molecular weight is 741 g/mol. The van der Waals surface area contributed by atoms with Crippen LogP contribution in [0.2, 0.25) is 0 Å². The van der Waals surface area contributed by atoms with Gasteiger partial charge in [-0.25, -0.2) is 0 Å². The first-order valence-electron chi connectivity index (χ1n) is 9.65. The number of non-ortho nitro benzene ring substituents is 3. The molecule has 3 aromatic carbocycles. The third kappa shape index (κ3) is 11.5. The molecule has 210 valence electrons. The SMILES string of the molecule is O=[N+]([O-])c1ccc([As](=O)(O)O)cc1.O=[N+]([O-])c1ccc([As](=O)(O)O)cc1.O=[N+]([O-])c1ccc([As](=O)(O)O)cc1. The Kier molecular flexibility index (Phi) is 11.8. The molecule has 0 aliphatic rings. The van der Waals surface area contributed by atoms with Crippen molar-refractivity contribution in [3.05, 3.63) is 103 Å². The van der Waals surface area contributed by atoms with Gasteiger partial charge in [-0.15, -0.1) is 0 Å². The van der Waals surface area contributed by atoms with Gasteiger partial charge in [0.2, 0.25) is 0 Å². The fourth-order valence-electron chi connectivity index (χ4n) is 2.31. The first kappa shape index (κ1) is 33.7. The summed E-state index contributed by atoms with van der Waals surface area (Å²) in [6, 6.07) is 12.8. The van der Waals surface area contributed by atoms with Crippen molar-refractivity contribution in [2.45, 2.75) is 0 Å². The molecule has 39 heavy (non-hydrogen) atoms. The summed E-state index contributed by atoms with van der Waals surface area (Å²) >= 11 is -14.7. The number of hydrogen-bond donors (Lipinski definition) is 6. The molecule has 0 saturated carbocycles.